The standard InChI is InChI=1S/C11H14N2O2/c14-11(15)9-3-4-10(13-7-9)8-2-1-5-12-6-8/h3-4,7-8,12H,1-2,5-6H2,(H,14,15). The molecular weight excluding hydrogens is 192 g/mol. The molecule has 1 aliphatic heterocycles. The van der Waals surface area contributed by atoms with Crippen LogP contribution in [0.15, 0.2) is 18.3 Å². The van der Waals surface area contributed by atoms with Crippen LogP contribution in [0.3, 0.4) is 0 Å². The van der Waals surface area contributed by atoms with E-state index in [2.05, 4.69) is 10.3 Å². The van der Waals surface area contributed by atoms with E-state index in [1.807, 2.05) is 6.07 Å². The molecule has 0 radical (unpaired) electrons. The Bertz CT molecular complexity index is 342. The second-order valence-corrected chi connectivity index (χ2v) is 3.82. The molecule has 2 N–H and O–H groups in total. The molecule has 1 saturated heterocycles. The van der Waals surface area contributed by atoms with Crippen LogP contribution < -0.4 is 5.32 Å². The number of rotatable bonds is 2. The second-order valence-electron chi connectivity index (χ2n) is 3.82. The molecule has 0 bridgehead atoms. The van der Waals surface area contributed by atoms with Crippen LogP contribution in [-0.4, -0.2) is 29.1 Å². The van der Waals surface area contributed by atoms with Crippen molar-refractivity contribution in [3.63, 3.8) is 0 Å². The maximum atomic E-state index is 10.6. The molecule has 1 aromatic rings. The average molecular weight is 206 g/mol. The van der Waals surface area contributed by atoms with E-state index in [0.717, 1.165) is 31.6 Å². The summed E-state index contributed by atoms with van der Waals surface area (Å²) in [6, 6.07) is 3.44. The van der Waals surface area contributed by atoms with Crippen LogP contribution in [0.5, 0.6) is 0 Å². The van der Waals surface area contributed by atoms with E-state index in [4.69, 9.17) is 5.11 Å². The molecule has 15 heavy (non-hydrogen) atoms. The molecule has 1 unspecified atom stereocenters. The topological polar surface area (TPSA) is 62.2 Å². The predicted molar refractivity (Wildman–Crippen MR) is 56.0 cm³/mol. The number of piperidine rings is 1. The van der Waals surface area contributed by atoms with Gasteiger partial charge in [-0.15, -0.1) is 0 Å². The first-order valence-corrected chi connectivity index (χ1v) is 5.17. The molecule has 4 nitrogen and oxygen atoms in total. The molecule has 0 aliphatic carbocycles. The lowest BCUT2D eigenvalue weighted by Gasteiger charge is -2.22. The number of carboxylic acids is 1. The van der Waals surface area contributed by atoms with E-state index in [1.165, 1.54) is 6.20 Å². The van der Waals surface area contributed by atoms with Crippen LogP contribution in [0.4, 0.5) is 0 Å². The molecule has 4 heteroatoms. The zero-order chi connectivity index (χ0) is 10.7. The number of aromatic carboxylic acids is 1. The smallest absolute Gasteiger partial charge is 0.337 e. The van der Waals surface area contributed by atoms with Crippen LogP contribution in [-0.2, 0) is 0 Å². The zero-order valence-corrected chi connectivity index (χ0v) is 8.44. The number of nitrogens with one attached hydrogen (secondary N) is 1. The van der Waals surface area contributed by atoms with Crippen LogP contribution in [0.25, 0.3) is 0 Å². The number of aromatic nitrogens is 1. The van der Waals surface area contributed by atoms with Gasteiger partial charge < -0.3 is 10.4 Å². The van der Waals surface area contributed by atoms with Gasteiger partial charge in [0.1, 0.15) is 0 Å². The first kappa shape index (κ1) is 10.1. The van der Waals surface area contributed by atoms with Crippen LogP contribution in [0, 0.1) is 0 Å². The monoisotopic (exact) mass is 206 g/mol. The third kappa shape index (κ3) is 2.33. The largest absolute Gasteiger partial charge is 0.478 e. The number of hydrogen-bond donors (Lipinski definition) is 2. The molecule has 1 fully saturated rings. The summed E-state index contributed by atoms with van der Waals surface area (Å²) in [7, 11) is 0. The fourth-order valence-electron chi connectivity index (χ4n) is 1.88. The normalized spacial score (nSPS) is 21.2. The molecular formula is C11H14N2O2. The van der Waals surface area contributed by atoms with Gasteiger partial charge in [-0.2, -0.15) is 0 Å². The molecule has 1 aromatic heterocycles. The third-order valence-electron chi connectivity index (χ3n) is 2.75. The van der Waals surface area contributed by atoms with Gasteiger partial charge in [-0.05, 0) is 31.5 Å². The minimum absolute atomic E-state index is 0.252. The van der Waals surface area contributed by atoms with Crippen molar-refractivity contribution in [3.8, 4) is 0 Å². The number of nitrogens with zero attached hydrogens (tertiary/aromatic N) is 1. The van der Waals surface area contributed by atoms with Gasteiger partial charge in [-0.3, -0.25) is 4.98 Å². The molecule has 0 amide bonds. The van der Waals surface area contributed by atoms with Crippen molar-refractivity contribution in [2.75, 3.05) is 13.1 Å². The summed E-state index contributed by atoms with van der Waals surface area (Å²) in [6.45, 7) is 2.02. The average Bonchev–Trinajstić information content (AvgIpc) is 2.30. The van der Waals surface area contributed by atoms with E-state index >= 15 is 0 Å². The molecule has 80 valence electrons. The number of carbonyl (C=O) groups is 1. The van der Waals surface area contributed by atoms with Gasteiger partial charge >= 0.3 is 5.97 Å². The number of hydrogen-bond acceptors (Lipinski definition) is 3. The highest BCUT2D eigenvalue weighted by Gasteiger charge is 2.16. The first-order valence-electron chi connectivity index (χ1n) is 5.17. The molecule has 0 saturated carbocycles. The van der Waals surface area contributed by atoms with Gasteiger partial charge in [-0.1, -0.05) is 0 Å². The maximum Gasteiger partial charge on any atom is 0.337 e. The molecule has 1 aliphatic rings. The van der Waals surface area contributed by atoms with Gasteiger partial charge in [0.2, 0.25) is 0 Å². The Labute approximate surface area is 88.3 Å². The Balaban J connectivity index is 2.11. The Hall–Kier alpha value is -1.42. The molecule has 2 heterocycles. The highest BCUT2D eigenvalue weighted by atomic mass is 16.4. The highest BCUT2D eigenvalue weighted by molar-refractivity contribution is 5.87. The van der Waals surface area contributed by atoms with E-state index in [-0.39, 0.29) is 5.56 Å². The first-order chi connectivity index (χ1) is 7.27. The molecule has 0 aromatic carbocycles. The van der Waals surface area contributed by atoms with Crippen molar-refractivity contribution in [2.24, 2.45) is 0 Å². The summed E-state index contributed by atoms with van der Waals surface area (Å²) in [5, 5.41) is 12.0. The van der Waals surface area contributed by atoms with E-state index in [9.17, 15) is 4.79 Å². The Morgan fingerprint density at radius 1 is 1.53 bits per heavy atom. The number of carboxylic acid groups (broad SMARTS) is 1. The van der Waals surface area contributed by atoms with E-state index < -0.39 is 5.97 Å². The van der Waals surface area contributed by atoms with E-state index in [1.54, 1.807) is 6.07 Å². The second kappa shape index (κ2) is 4.40. The molecule has 1 atom stereocenters. The lowest BCUT2D eigenvalue weighted by atomic mass is 9.95. The Morgan fingerprint density at radius 3 is 2.93 bits per heavy atom. The predicted octanol–water partition coefficient (Wildman–Crippen LogP) is 1.25. The Morgan fingerprint density at radius 2 is 2.40 bits per heavy atom. The van der Waals surface area contributed by atoms with Gasteiger partial charge in [0.05, 0.1) is 5.56 Å². The summed E-state index contributed by atoms with van der Waals surface area (Å²) in [4.78, 5) is 14.8. The summed E-state index contributed by atoms with van der Waals surface area (Å²) in [5.74, 6) is -0.489. The van der Waals surface area contributed by atoms with Gasteiger partial charge in [0.15, 0.2) is 0 Å². The quantitative estimate of drug-likeness (QED) is 0.764. The fourth-order valence-corrected chi connectivity index (χ4v) is 1.88. The SMILES string of the molecule is O=C(O)c1ccc(C2CCCNC2)nc1. The van der Waals surface area contributed by atoms with Crippen molar-refractivity contribution < 1.29 is 9.90 Å². The highest BCUT2D eigenvalue weighted by Crippen LogP contribution is 2.21. The summed E-state index contributed by atoms with van der Waals surface area (Å²) < 4.78 is 0. The summed E-state index contributed by atoms with van der Waals surface area (Å²) >= 11 is 0. The van der Waals surface area contributed by atoms with Crippen LogP contribution in [0.2, 0.25) is 0 Å². The van der Waals surface area contributed by atoms with E-state index in [0.29, 0.717) is 5.92 Å². The van der Waals surface area contributed by atoms with Gasteiger partial charge in [-0.25, -0.2) is 4.79 Å². The van der Waals surface area contributed by atoms with Crippen molar-refractivity contribution >= 4 is 5.97 Å². The lowest BCUT2D eigenvalue weighted by molar-refractivity contribution is 0.0696. The van der Waals surface area contributed by atoms with Gasteiger partial charge in [0.25, 0.3) is 0 Å². The van der Waals surface area contributed by atoms with Crippen molar-refractivity contribution in [1.82, 2.24) is 10.3 Å². The van der Waals surface area contributed by atoms with Crippen LogP contribution >= 0.6 is 0 Å². The minimum Gasteiger partial charge on any atom is -0.478 e. The Kier molecular flexibility index (Phi) is 2.97. The lowest BCUT2D eigenvalue weighted by Crippen LogP contribution is -2.28. The van der Waals surface area contributed by atoms with Crippen LogP contribution in [0.1, 0.15) is 34.8 Å². The zero-order valence-electron chi connectivity index (χ0n) is 8.44. The maximum absolute atomic E-state index is 10.6. The summed E-state index contributed by atoms with van der Waals surface area (Å²) in [6.07, 6.45) is 3.73. The summed E-state index contributed by atoms with van der Waals surface area (Å²) in [5.41, 5.74) is 1.25. The minimum atomic E-state index is -0.921. The molecule has 2 rings (SSSR count). The third-order valence-corrected chi connectivity index (χ3v) is 2.75. The molecule has 0 spiro atoms. The van der Waals surface area contributed by atoms with Gasteiger partial charge in [0, 0.05) is 24.4 Å². The number of pyridine rings is 1. The van der Waals surface area contributed by atoms with Crippen molar-refractivity contribution in [1.29, 1.82) is 0 Å². The fraction of sp³-hybridized carbons (Fsp3) is 0.455. The van der Waals surface area contributed by atoms with Crippen molar-refractivity contribution in [2.45, 2.75) is 18.8 Å². The van der Waals surface area contributed by atoms with Crippen molar-refractivity contribution in [3.05, 3.63) is 29.6 Å².